The number of ether oxygens (including phenoxy) is 1. The summed E-state index contributed by atoms with van der Waals surface area (Å²) in [5.74, 6) is 0.991. The summed E-state index contributed by atoms with van der Waals surface area (Å²) in [6.07, 6.45) is 3.66. The number of nitrogens with two attached hydrogens (primary N) is 1. The molecule has 1 unspecified atom stereocenters. The molecule has 0 saturated carbocycles. The molecule has 21 heavy (non-hydrogen) atoms. The maximum atomic E-state index is 12.1. The van der Waals surface area contributed by atoms with Gasteiger partial charge in [-0.15, -0.1) is 12.4 Å². The van der Waals surface area contributed by atoms with E-state index in [0.717, 1.165) is 44.5 Å². The van der Waals surface area contributed by atoms with Gasteiger partial charge in [-0.1, -0.05) is 31.5 Å². The number of nitrogens with zero attached hydrogens (tertiary/aromatic N) is 1. The van der Waals surface area contributed by atoms with Crippen LogP contribution >= 0.6 is 12.4 Å². The molecule has 1 fully saturated rings. The van der Waals surface area contributed by atoms with Crippen LogP contribution in [-0.2, 0) is 4.79 Å². The molecule has 2 rings (SSSR count). The van der Waals surface area contributed by atoms with E-state index in [0.29, 0.717) is 0 Å². The summed E-state index contributed by atoms with van der Waals surface area (Å²) >= 11 is 0. The molecule has 0 radical (unpaired) electrons. The van der Waals surface area contributed by atoms with Gasteiger partial charge in [0.1, 0.15) is 11.9 Å². The van der Waals surface area contributed by atoms with Crippen molar-refractivity contribution in [3.63, 3.8) is 0 Å². The van der Waals surface area contributed by atoms with Gasteiger partial charge in [-0.3, -0.25) is 4.79 Å². The van der Waals surface area contributed by atoms with Gasteiger partial charge in [0.15, 0.2) is 0 Å². The molecule has 1 aliphatic rings. The van der Waals surface area contributed by atoms with Gasteiger partial charge < -0.3 is 15.4 Å². The number of amides is 1. The van der Waals surface area contributed by atoms with E-state index in [4.69, 9.17) is 10.5 Å². The number of rotatable bonds is 5. The van der Waals surface area contributed by atoms with Crippen molar-refractivity contribution in [2.75, 3.05) is 13.1 Å². The Morgan fingerprint density at radius 3 is 2.52 bits per heavy atom. The van der Waals surface area contributed by atoms with Gasteiger partial charge in [0.05, 0.1) is 6.04 Å². The molecule has 2 N–H and O–H groups in total. The van der Waals surface area contributed by atoms with Gasteiger partial charge in [-0.2, -0.15) is 0 Å². The number of carbonyl (C=O) groups is 1. The second-order valence-corrected chi connectivity index (χ2v) is 5.35. The number of carbonyl (C=O) groups excluding carboxylic acids is 1. The molecular weight excluding hydrogens is 288 g/mol. The van der Waals surface area contributed by atoms with Crippen LogP contribution in [-0.4, -0.2) is 36.0 Å². The van der Waals surface area contributed by atoms with E-state index in [1.807, 2.05) is 42.2 Å². The van der Waals surface area contributed by atoms with E-state index < -0.39 is 0 Å². The predicted octanol–water partition coefficient (Wildman–Crippen LogP) is 2.61. The van der Waals surface area contributed by atoms with Crippen LogP contribution in [0.25, 0.3) is 0 Å². The lowest BCUT2D eigenvalue weighted by Gasteiger charge is -2.33. The van der Waals surface area contributed by atoms with Crippen LogP contribution in [0.15, 0.2) is 30.3 Å². The smallest absolute Gasteiger partial charge is 0.239 e. The molecule has 1 aromatic rings. The van der Waals surface area contributed by atoms with Crippen LogP contribution in [0.4, 0.5) is 0 Å². The van der Waals surface area contributed by atoms with Gasteiger partial charge >= 0.3 is 0 Å². The summed E-state index contributed by atoms with van der Waals surface area (Å²) < 4.78 is 5.92. The van der Waals surface area contributed by atoms with Crippen molar-refractivity contribution < 1.29 is 9.53 Å². The van der Waals surface area contributed by atoms with Gasteiger partial charge in [-0.25, -0.2) is 0 Å². The van der Waals surface area contributed by atoms with Crippen LogP contribution in [0.1, 0.15) is 32.6 Å². The standard InChI is InChI=1S/C16H24N2O2.ClH/c1-2-6-15(17)16(19)18-11-9-14(10-12-18)20-13-7-4-3-5-8-13;/h3-5,7-8,14-15H,2,6,9-12,17H2,1H3;1H. The molecule has 118 valence electrons. The second-order valence-electron chi connectivity index (χ2n) is 5.35. The third-order valence-electron chi connectivity index (χ3n) is 3.72. The molecule has 1 saturated heterocycles. The number of hydrogen-bond acceptors (Lipinski definition) is 3. The van der Waals surface area contributed by atoms with Crippen LogP contribution in [0.2, 0.25) is 0 Å². The third-order valence-corrected chi connectivity index (χ3v) is 3.72. The molecular formula is C16H25ClN2O2. The summed E-state index contributed by atoms with van der Waals surface area (Å²) in [5, 5.41) is 0. The fourth-order valence-corrected chi connectivity index (χ4v) is 2.55. The Bertz CT molecular complexity index is 420. The zero-order valence-corrected chi connectivity index (χ0v) is 13.3. The highest BCUT2D eigenvalue weighted by Crippen LogP contribution is 2.19. The highest BCUT2D eigenvalue weighted by Gasteiger charge is 2.26. The molecule has 1 amide bonds. The van der Waals surface area contributed by atoms with Crippen molar-refractivity contribution in [2.24, 2.45) is 5.73 Å². The van der Waals surface area contributed by atoms with E-state index in [2.05, 4.69) is 0 Å². The lowest BCUT2D eigenvalue weighted by atomic mass is 10.1. The van der Waals surface area contributed by atoms with E-state index in [-0.39, 0.29) is 30.5 Å². The van der Waals surface area contributed by atoms with Gasteiger partial charge in [0.2, 0.25) is 5.91 Å². The van der Waals surface area contributed by atoms with E-state index >= 15 is 0 Å². The molecule has 0 spiro atoms. The lowest BCUT2D eigenvalue weighted by molar-refractivity contribution is -0.134. The zero-order chi connectivity index (χ0) is 14.4. The fourth-order valence-electron chi connectivity index (χ4n) is 2.55. The summed E-state index contributed by atoms with van der Waals surface area (Å²) in [5.41, 5.74) is 5.89. The first-order valence-electron chi connectivity index (χ1n) is 7.46. The molecule has 0 bridgehead atoms. The normalized spacial score (nSPS) is 17.0. The van der Waals surface area contributed by atoms with Gasteiger partial charge in [-0.05, 0) is 18.6 Å². The largest absolute Gasteiger partial charge is 0.490 e. The minimum Gasteiger partial charge on any atom is -0.490 e. The Hall–Kier alpha value is -1.26. The van der Waals surface area contributed by atoms with Crippen molar-refractivity contribution in [1.82, 2.24) is 4.90 Å². The summed E-state index contributed by atoms with van der Waals surface area (Å²) in [6.45, 7) is 3.54. The second kappa shape index (κ2) is 8.90. The number of para-hydroxylation sites is 1. The Labute approximate surface area is 133 Å². The summed E-state index contributed by atoms with van der Waals surface area (Å²) in [6, 6.07) is 9.51. The maximum absolute atomic E-state index is 12.1. The van der Waals surface area contributed by atoms with Crippen molar-refractivity contribution in [3.8, 4) is 5.75 Å². The van der Waals surface area contributed by atoms with Crippen LogP contribution in [0.5, 0.6) is 5.75 Å². The monoisotopic (exact) mass is 312 g/mol. The molecule has 0 aliphatic carbocycles. The fraction of sp³-hybridized carbons (Fsp3) is 0.562. The van der Waals surface area contributed by atoms with Crippen molar-refractivity contribution >= 4 is 18.3 Å². The number of piperidine rings is 1. The predicted molar refractivity (Wildman–Crippen MR) is 86.8 cm³/mol. The van der Waals surface area contributed by atoms with E-state index in [9.17, 15) is 4.79 Å². The first kappa shape index (κ1) is 17.8. The van der Waals surface area contributed by atoms with Crippen LogP contribution in [0, 0.1) is 0 Å². The Kier molecular flexibility index (Phi) is 7.54. The Morgan fingerprint density at radius 2 is 1.95 bits per heavy atom. The molecule has 1 aromatic carbocycles. The van der Waals surface area contributed by atoms with Gasteiger partial charge in [0, 0.05) is 25.9 Å². The third kappa shape index (κ3) is 5.21. The number of benzene rings is 1. The van der Waals surface area contributed by atoms with Crippen LogP contribution < -0.4 is 10.5 Å². The average molecular weight is 313 g/mol. The van der Waals surface area contributed by atoms with Gasteiger partial charge in [0.25, 0.3) is 0 Å². The molecule has 1 atom stereocenters. The zero-order valence-electron chi connectivity index (χ0n) is 12.5. The minimum absolute atomic E-state index is 0. The topological polar surface area (TPSA) is 55.6 Å². The SMILES string of the molecule is CCCC(N)C(=O)N1CCC(Oc2ccccc2)CC1.Cl. The highest BCUT2D eigenvalue weighted by molar-refractivity contribution is 5.85. The molecule has 1 aliphatic heterocycles. The van der Waals surface area contributed by atoms with E-state index in [1.54, 1.807) is 0 Å². The lowest BCUT2D eigenvalue weighted by Crippen LogP contribution is -2.48. The number of halogens is 1. The summed E-state index contributed by atoms with van der Waals surface area (Å²) in [4.78, 5) is 14.0. The Morgan fingerprint density at radius 1 is 1.33 bits per heavy atom. The van der Waals surface area contributed by atoms with Crippen LogP contribution in [0.3, 0.4) is 0 Å². The minimum atomic E-state index is -0.341. The van der Waals surface area contributed by atoms with Crippen molar-refractivity contribution in [3.05, 3.63) is 30.3 Å². The van der Waals surface area contributed by atoms with E-state index in [1.165, 1.54) is 0 Å². The van der Waals surface area contributed by atoms with Crippen molar-refractivity contribution in [2.45, 2.75) is 44.8 Å². The van der Waals surface area contributed by atoms with Crippen molar-refractivity contribution in [1.29, 1.82) is 0 Å². The quantitative estimate of drug-likeness (QED) is 0.909. The number of likely N-dealkylation sites (tertiary alicyclic amines) is 1. The summed E-state index contributed by atoms with van der Waals surface area (Å²) in [7, 11) is 0. The first-order valence-corrected chi connectivity index (χ1v) is 7.46. The Balaban J connectivity index is 0.00000220. The molecule has 0 aromatic heterocycles. The maximum Gasteiger partial charge on any atom is 0.239 e. The average Bonchev–Trinajstić information content (AvgIpc) is 2.48. The molecule has 1 heterocycles. The molecule has 5 heteroatoms. The first-order chi connectivity index (χ1) is 9.70. The highest BCUT2D eigenvalue weighted by atomic mass is 35.5. The number of hydrogen-bond donors (Lipinski definition) is 1. The molecule has 4 nitrogen and oxygen atoms in total.